The van der Waals surface area contributed by atoms with E-state index < -0.39 is 0 Å². The lowest BCUT2D eigenvalue weighted by Gasteiger charge is -2.40. The highest BCUT2D eigenvalue weighted by Crippen LogP contribution is 2.32. The summed E-state index contributed by atoms with van der Waals surface area (Å²) in [6.07, 6.45) is 5.06. The van der Waals surface area contributed by atoms with Gasteiger partial charge in [-0.15, -0.1) is 0 Å². The predicted molar refractivity (Wildman–Crippen MR) is 113 cm³/mol. The molecule has 1 saturated heterocycles. The Morgan fingerprint density at radius 1 is 1.28 bits per heavy atom. The molecule has 1 aromatic carbocycles. The minimum atomic E-state index is -0.226. The quantitative estimate of drug-likeness (QED) is 0.845. The molecule has 2 heterocycles. The number of likely N-dealkylation sites (N-methyl/N-ethyl adjacent to an activating group) is 1. The first kappa shape index (κ1) is 19.9. The number of pyridine rings is 1. The van der Waals surface area contributed by atoms with Crippen LogP contribution in [0.5, 0.6) is 0 Å². The smallest absolute Gasteiger partial charge is 0.410 e. The van der Waals surface area contributed by atoms with Crippen LogP contribution in [0, 0.1) is 0 Å². The number of nitrogens with one attached hydrogen (secondary N) is 1. The van der Waals surface area contributed by atoms with Gasteiger partial charge in [-0.2, -0.15) is 0 Å². The molecule has 1 fully saturated rings. The topological polar surface area (TPSA) is 57.7 Å². The van der Waals surface area contributed by atoms with E-state index >= 15 is 0 Å². The Hall–Kier alpha value is -2.44. The van der Waals surface area contributed by atoms with Gasteiger partial charge in [0.2, 0.25) is 0 Å². The van der Waals surface area contributed by atoms with Gasteiger partial charge in [-0.25, -0.2) is 4.79 Å². The Morgan fingerprint density at radius 3 is 3.00 bits per heavy atom. The summed E-state index contributed by atoms with van der Waals surface area (Å²) in [5, 5.41) is 3.43. The minimum Gasteiger partial charge on any atom is -0.445 e. The normalized spacial score (nSPS) is 21.7. The van der Waals surface area contributed by atoms with Gasteiger partial charge >= 0.3 is 6.09 Å². The van der Waals surface area contributed by atoms with E-state index in [-0.39, 0.29) is 12.1 Å². The molecular weight excluding hydrogens is 364 g/mol. The molecule has 0 radical (unpaired) electrons. The zero-order valence-electron chi connectivity index (χ0n) is 17.1. The van der Waals surface area contributed by atoms with Crippen LogP contribution in [0.15, 0.2) is 48.7 Å². The van der Waals surface area contributed by atoms with E-state index in [1.807, 2.05) is 47.5 Å². The van der Waals surface area contributed by atoms with Crippen molar-refractivity contribution in [1.29, 1.82) is 0 Å². The van der Waals surface area contributed by atoms with Crippen molar-refractivity contribution < 1.29 is 9.53 Å². The lowest BCUT2D eigenvalue weighted by atomic mass is 9.91. The molecule has 1 aliphatic heterocycles. The molecule has 0 spiro atoms. The third-order valence-electron chi connectivity index (χ3n) is 5.99. The third kappa shape index (κ3) is 4.77. The number of nitrogens with zero attached hydrogens (tertiary/aromatic N) is 3. The SMILES string of the molecule is CN(CC1CNCCN1C(=O)OCc1ccccc1)[C@H]1CCCc2cccnc21. The maximum atomic E-state index is 12.8. The van der Waals surface area contributed by atoms with Crippen LogP contribution in [0.1, 0.15) is 35.7 Å². The summed E-state index contributed by atoms with van der Waals surface area (Å²) < 4.78 is 5.61. The van der Waals surface area contributed by atoms with Crippen molar-refractivity contribution in [1.82, 2.24) is 20.1 Å². The Kier molecular flexibility index (Phi) is 6.42. The first-order chi connectivity index (χ1) is 14.2. The third-order valence-corrected chi connectivity index (χ3v) is 5.99. The molecule has 2 aliphatic rings. The number of hydrogen-bond acceptors (Lipinski definition) is 5. The molecule has 1 amide bonds. The lowest BCUT2D eigenvalue weighted by molar-refractivity contribution is 0.0575. The molecule has 1 aliphatic carbocycles. The standard InChI is InChI=1S/C23H30N4O2/c1-26(21-11-5-9-19-10-6-12-25-22(19)21)16-20-15-24-13-14-27(20)23(28)29-17-18-7-3-2-4-8-18/h2-4,6-8,10,12,20-21,24H,5,9,11,13-17H2,1H3/t20?,21-/m0/s1. The predicted octanol–water partition coefficient (Wildman–Crippen LogP) is 3.00. The van der Waals surface area contributed by atoms with Gasteiger partial charge in [-0.1, -0.05) is 36.4 Å². The summed E-state index contributed by atoms with van der Waals surface area (Å²) in [7, 11) is 2.15. The Bertz CT molecular complexity index is 814. The lowest BCUT2D eigenvalue weighted by Crippen LogP contribution is -2.57. The number of piperazine rings is 1. The van der Waals surface area contributed by atoms with Gasteiger partial charge in [0.25, 0.3) is 0 Å². The number of fused-ring (bicyclic) bond motifs is 1. The maximum Gasteiger partial charge on any atom is 0.410 e. The molecule has 29 heavy (non-hydrogen) atoms. The van der Waals surface area contributed by atoms with Crippen molar-refractivity contribution in [3.05, 3.63) is 65.5 Å². The first-order valence-corrected chi connectivity index (χ1v) is 10.5. The molecule has 154 valence electrons. The highest BCUT2D eigenvalue weighted by molar-refractivity contribution is 5.68. The highest BCUT2D eigenvalue weighted by Gasteiger charge is 2.32. The molecule has 6 nitrogen and oxygen atoms in total. The van der Waals surface area contributed by atoms with Crippen molar-refractivity contribution in [2.75, 3.05) is 33.2 Å². The van der Waals surface area contributed by atoms with E-state index in [1.54, 1.807) is 0 Å². The molecule has 1 unspecified atom stereocenters. The second-order valence-electron chi connectivity index (χ2n) is 7.99. The Balaban J connectivity index is 1.39. The molecule has 0 saturated carbocycles. The van der Waals surface area contributed by atoms with Crippen LogP contribution in [0.4, 0.5) is 4.79 Å². The van der Waals surface area contributed by atoms with E-state index in [4.69, 9.17) is 4.74 Å². The van der Waals surface area contributed by atoms with Gasteiger partial charge in [-0.05, 0) is 43.5 Å². The largest absolute Gasteiger partial charge is 0.445 e. The van der Waals surface area contributed by atoms with Crippen LogP contribution < -0.4 is 5.32 Å². The molecule has 1 N–H and O–H groups in total. The molecule has 6 heteroatoms. The second-order valence-corrected chi connectivity index (χ2v) is 7.99. The van der Waals surface area contributed by atoms with Crippen molar-refractivity contribution in [2.24, 2.45) is 0 Å². The summed E-state index contributed by atoms with van der Waals surface area (Å²) in [6, 6.07) is 14.5. The van der Waals surface area contributed by atoms with Gasteiger partial charge in [-0.3, -0.25) is 9.88 Å². The Morgan fingerprint density at radius 2 is 2.14 bits per heavy atom. The highest BCUT2D eigenvalue weighted by atomic mass is 16.6. The number of carbonyl (C=O) groups excluding carboxylic acids is 1. The van der Waals surface area contributed by atoms with Crippen LogP contribution >= 0.6 is 0 Å². The molecular formula is C23H30N4O2. The van der Waals surface area contributed by atoms with Crippen LogP contribution in [0.3, 0.4) is 0 Å². The summed E-state index contributed by atoms with van der Waals surface area (Å²) >= 11 is 0. The zero-order chi connectivity index (χ0) is 20.1. The van der Waals surface area contributed by atoms with Gasteiger partial charge in [0.05, 0.1) is 17.8 Å². The average molecular weight is 395 g/mol. The number of aromatic nitrogens is 1. The van der Waals surface area contributed by atoms with E-state index in [0.29, 0.717) is 19.2 Å². The summed E-state index contributed by atoms with van der Waals surface area (Å²) in [6.45, 7) is 3.37. The van der Waals surface area contributed by atoms with E-state index in [1.165, 1.54) is 17.7 Å². The number of benzene rings is 1. The van der Waals surface area contributed by atoms with Crippen LogP contribution in [0.25, 0.3) is 0 Å². The number of aryl methyl sites for hydroxylation is 1. The van der Waals surface area contributed by atoms with Crippen molar-refractivity contribution in [2.45, 2.75) is 38.0 Å². The van der Waals surface area contributed by atoms with Crippen LogP contribution in [-0.2, 0) is 17.8 Å². The van der Waals surface area contributed by atoms with Gasteiger partial charge in [0.15, 0.2) is 0 Å². The molecule has 1 aromatic heterocycles. The van der Waals surface area contributed by atoms with Crippen molar-refractivity contribution in [3.63, 3.8) is 0 Å². The van der Waals surface area contributed by atoms with E-state index in [0.717, 1.165) is 38.0 Å². The number of rotatable bonds is 5. The molecule has 4 rings (SSSR count). The fraction of sp³-hybridized carbons (Fsp3) is 0.478. The first-order valence-electron chi connectivity index (χ1n) is 10.5. The van der Waals surface area contributed by atoms with Crippen molar-refractivity contribution in [3.8, 4) is 0 Å². The summed E-state index contributed by atoms with van der Waals surface area (Å²) in [5.41, 5.74) is 3.56. The Labute approximate surface area is 172 Å². The van der Waals surface area contributed by atoms with Crippen LogP contribution in [0.2, 0.25) is 0 Å². The van der Waals surface area contributed by atoms with E-state index in [2.05, 4.69) is 28.3 Å². The number of carbonyl (C=O) groups is 1. The van der Waals surface area contributed by atoms with Gasteiger partial charge in [0.1, 0.15) is 6.61 Å². The number of ether oxygens (including phenoxy) is 1. The zero-order valence-corrected chi connectivity index (χ0v) is 17.1. The maximum absolute atomic E-state index is 12.8. The summed E-state index contributed by atoms with van der Waals surface area (Å²) in [4.78, 5) is 21.7. The van der Waals surface area contributed by atoms with Gasteiger partial charge < -0.3 is 15.0 Å². The molecule has 2 aromatic rings. The monoisotopic (exact) mass is 394 g/mol. The number of amides is 1. The van der Waals surface area contributed by atoms with Gasteiger partial charge in [0, 0.05) is 32.4 Å². The van der Waals surface area contributed by atoms with Crippen molar-refractivity contribution >= 4 is 6.09 Å². The fourth-order valence-electron chi connectivity index (χ4n) is 4.44. The minimum absolute atomic E-state index is 0.0890. The molecule has 2 atom stereocenters. The number of hydrogen-bond donors (Lipinski definition) is 1. The van der Waals surface area contributed by atoms with E-state index in [9.17, 15) is 4.79 Å². The summed E-state index contributed by atoms with van der Waals surface area (Å²) in [5.74, 6) is 0. The average Bonchev–Trinajstić information content (AvgIpc) is 2.78. The van der Waals surface area contributed by atoms with Crippen LogP contribution in [-0.4, -0.2) is 60.1 Å². The molecule has 0 bridgehead atoms. The second kappa shape index (κ2) is 9.37. The fourth-order valence-corrected chi connectivity index (χ4v) is 4.44.